The highest BCUT2D eigenvalue weighted by Crippen LogP contribution is 2.66. The molecule has 0 aromatic carbocycles. The molecule has 0 spiro atoms. The van der Waals surface area contributed by atoms with Gasteiger partial charge in [-0.15, -0.1) is 0 Å². The van der Waals surface area contributed by atoms with Gasteiger partial charge in [0.15, 0.2) is 0 Å². The molecule has 0 amide bonds. The van der Waals surface area contributed by atoms with Crippen LogP contribution >= 0.6 is 0 Å². The van der Waals surface area contributed by atoms with E-state index in [2.05, 4.69) is 4.52 Å². The zero-order chi connectivity index (χ0) is 40.3. The van der Waals surface area contributed by atoms with Crippen LogP contribution < -0.4 is 0 Å². The third-order valence-electron chi connectivity index (χ3n) is 5.63. The third kappa shape index (κ3) is 5.25. The molecule has 0 fully saturated rings. The van der Waals surface area contributed by atoms with Gasteiger partial charge < -0.3 is 4.52 Å². The summed E-state index contributed by atoms with van der Waals surface area (Å²) in [7, 11) is 0. The van der Waals surface area contributed by atoms with Crippen LogP contribution in [0.1, 0.15) is 11.7 Å². The monoisotopic (exact) mass is 806 g/mol. The van der Waals surface area contributed by atoms with Gasteiger partial charge in [0.2, 0.25) is 5.82 Å². The van der Waals surface area contributed by atoms with E-state index in [1.54, 1.807) is 0 Å². The van der Waals surface area contributed by atoms with Crippen LogP contribution in [0, 0.1) is 0 Å². The molecular weight excluding hydrogens is 806 g/mol. The molecule has 1 rings (SSSR count). The molecule has 1 aromatic heterocycles. The summed E-state index contributed by atoms with van der Waals surface area (Å²) in [6.45, 7) is 0. The van der Waals surface area contributed by atoms with E-state index in [1.165, 1.54) is 0 Å². The summed E-state index contributed by atoms with van der Waals surface area (Å²) >= 11 is 0. The summed E-state index contributed by atoms with van der Waals surface area (Å²) in [4.78, 5) is 0.752. The van der Waals surface area contributed by atoms with Crippen LogP contribution in [0.15, 0.2) is 4.52 Å². The van der Waals surface area contributed by atoms with Gasteiger partial charge in [-0.2, -0.15) is 137 Å². The largest absolute Gasteiger partial charge is 0.460 e. The zero-order valence-electron chi connectivity index (χ0n) is 20.6. The Morgan fingerprint density at radius 3 is 0.776 bits per heavy atom. The highest BCUT2D eigenvalue weighted by atomic mass is 19.4. The lowest BCUT2D eigenvalue weighted by atomic mass is 9.90. The summed E-state index contributed by atoms with van der Waals surface area (Å²) in [5, 5.41) is 0.872. The zero-order valence-corrected chi connectivity index (χ0v) is 20.6. The molecule has 0 aliphatic carbocycles. The van der Waals surface area contributed by atoms with Crippen LogP contribution in [-0.4, -0.2) is 81.7 Å². The van der Waals surface area contributed by atoms with Gasteiger partial charge in [0.25, 0.3) is 0 Å². The molecule has 0 aliphatic rings. The van der Waals surface area contributed by atoms with Gasteiger partial charge in [0, 0.05) is 0 Å². The van der Waals surface area contributed by atoms with Crippen molar-refractivity contribution >= 4 is 0 Å². The van der Waals surface area contributed by atoms with E-state index < -0.39 is 95.1 Å². The second-order valence-electron chi connectivity index (χ2n) is 8.81. The molecule has 49 heavy (non-hydrogen) atoms. The summed E-state index contributed by atoms with van der Waals surface area (Å²) in [5.74, 6) is -114. The minimum Gasteiger partial charge on any atom is -0.332 e. The predicted molar refractivity (Wildman–Crippen MR) is 83.7 cm³/mol. The Kier molecular flexibility index (Phi) is 9.69. The predicted octanol–water partition coefficient (Wildman–Crippen LogP) is 9.73. The number of hydrogen-bond acceptors (Lipinski definition) is 3. The SMILES string of the molecule is FC(F)(F)C(F)(F)C(F)(F)C(F)(F)C(F)(F)C(F)(F)C(F)(F)c1noc(C(F)(F)C(F)(F)C(F)(F)C(F)(F)C(F)(F)C(F)(F)C(F)(F)F)n1. The number of nitrogens with zero attached hydrogens (tertiary/aromatic N) is 2. The lowest BCUT2D eigenvalue weighted by molar-refractivity contribution is -0.454. The molecule has 3 nitrogen and oxygen atoms in total. The fourth-order valence-electron chi connectivity index (χ4n) is 2.69. The van der Waals surface area contributed by atoms with Gasteiger partial charge in [-0.3, -0.25) is 0 Å². The first-order valence-electron chi connectivity index (χ1n) is 10.2. The molecule has 1 heterocycles. The Balaban J connectivity index is 3.86. The van der Waals surface area contributed by atoms with Crippen molar-refractivity contribution in [2.24, 2.45) is 0 Å². The van der Waals surface area contributed by atoms with Crippen molar-refractivity contribution in [2.75, 3.05) is 0 Å². The molecule has 0 N–H and O–H groups in total. The van der Waals surface area contributed by atoms with E-state index >= 15 is 0 Å². The molecule has 0 bridgehead atoms. The van der Waals surface area contributed by atoms with Crippen LogP contribution in [-0.2, 0) is 11.8 Å². The second-order valence-corrected chi connectivity index (χ2v) is 8.81. The molecular formula is C16F30N2O. The molecule has 0 saturated heterocycles. The fourth-order valence-corrected chi connectivity index (χ4v) is 2.69. The van der Waals surface area contributed by atoms with E-state index in [4.69, 9.17) is 0 Å². The summed E-state index contributed by atoms with van der Waals surface area (Å²) in [6, 6.07) is 0. The van der Waals surface area contributed by atoms with Gasteiger partial charge in [-0.25, -0.2) is 0 Å². The van der Waals surface area contributed by atoms with E-state index in [0.29, 0.717) is 0 Å². The minimum absolute atomic E-state index is 0.752. The highest BCUT2D eigenvalue weighted by molar-refractivity contribution is 5.19. The Bertz CT molecular complexity index is 1260. The Morgan fingerprint density at radius 2 is 0.510 bits per heavy atom. The van der Waals surface area contributed by atoms with Gasteiger partial charge in [-0.05, 0) is 0 Å². The van der Waals surface area contributed by atoms with Crippen LogP contribution in [0.3, 0.4) is 0 Å². The number of aromatic nitrogens is 2. The molecule has 0 atom stereocenters. The van der Waals surface area contributed by atoms with Crippen molar-refractivity contribution in [1.29, 1.82) is 0 Å². The maximum atomic E-state index is 14.0. The van der Waals surface area contributed by atoms with Gasteiger partial charge >= 0.3 is 89.3 Å². The minimum atomic E-state index is -9.08. The van der Waals surface area contributed by atoms with E-state index in [0.717, 1.165) is 10.1 Å². The van der Waals surface area contributed by atoms with Gasteiger partial charge in [0.1, 0.15) is 0 Å². The van der Waals surface area contributed by atoms with Crippen molar-refractivity contribution in [2.45, 2.75) is 83.4 Å². The average molecular weight is 806 g/mol. The summed E-state index contributed by atoms with van der Waals surface area (Å²) in [6.07, 6.45) is -16.2. The topological polar surface area (TPSA) is 38.9 Å². The molecule has 0 radical (unpaired) electrons. The Morgan fingerprint density at radius 1 is 0.286 bits per heavy atom. The van der Waals surface area contributed by atoms with Crippen molar-refractivity contribution in [3.63, 3.8) is 0 Å². The summed E-state index contributed by atoms with van der Waals surface area (Å²) in [5.41, 5.74) is 0. The smallest absolute Gasteiger partial charge is 0.332 e. The standard InChI is InChI=1S/C16F30N2O/c17-3(18,5(21,22)7(25,26)9(29,30)11(33,34)13(37,38)15(41,42)43)1-47-2(49-48-1)4(19,20)6(23,24)8(27,28)10(31,32)12(35,36)14(39,40)16(44,45)46. The van der Waals surface area contributed by atoms with Crippen molar-refractivity contribution < 1.29 is 136 Å². The molecule has 1 aromatic rings. The summed E-state index contributed by atoms with van der Waals surface area (Å²) < 4.78 is 399. The molecule has 290 valence electrons. The van der Waals surface area contributed by atoms with Crippen LogP contribution in [0.2, 0.25) is 0 Å². The first-order valence-corrected chi connectivity index (χ1v) is 10.2. The van der Waals surface area contributed by atoms with E-state index in [1.807, 2.05) is 0 Å². The number of alkyl halides is 30. The van der Waals surface area contributed by atoms with Crippen LogP contribution in [0.4, 0.5) is 132 Å². The number of halogens is 30. The van der Waals surface area contributed by atoms with Crippen molar-refractivity contribution in [1.82, 2.24) is 10.1 Å². The maximum Gasteiger partial charge on any atom is 0.460 e. The number of rotatable bonds is 12. The molecule has 0 unspecified atom stereocenters. The van der Waals surface area contributed by atoms with Gasteiger partial charge in [0.05, 0.1) is 0 Å². The lowest BCUT2D eigenvalue weighted by Crippen LogP contribution is -2.72. The second kappa shape index (κ2) is 10.8. The maximum absolute atomic E-state index is 14.0. The van der Waals surface area contributed by atoms with Gasteiger partial charge in [-0.1, -0.05) is 5.16 Å². The first-order chi connectivity index (χ1) is 20.7. The fraction of sp³-hybridized carbons (Fsp3) is 0.875. The quantitative estimate of drug-likeness (QED) is 0.198. The number of hydrogen-bond donors (Lipinski definition) is 0. The Hall–Kier alpha value is -2.96. The van der Waals surface area contributed by atoms with Crippen LogP contribution in [0.25, 0.3) is 0 Å². The lowest BCUT2D eigenvalue weighted by Gasteiger charge is -2.41. The molecule has 33 heteroatoms. The Labute approximate surface area is 243 Å². The normalized spacial score (nSPS) is 16.8. The molecule has 0 saturated carbocycles. The van der Waals surface area contributed by atoms with Crippen LogP contribution in [0.5, 0.6) is 0 Å². The van der Waals surface area contributed by atoms with Crippen molar-refractivity contribution in [3.8, 4) is 0 Å². The van der Waals surface area contributed by atoms with Crippen molar-refractivity contribution in [3.05, 3.63) is 11.7 Å². The third-order valence-corrected chi connectivity index (χ3v) is 5.63. The van der Waals surface area contributed by atoms with E-state index in [-0.39, 0.29) is 0 Å². The first kappa shape index (κ1) is 44.1. The average Bonchev–Trinajstić information content (AvgIpc) is 3.38. The molecule has 0 aliphatic heterocycles. The highest BCUT2D eigenvalue weighted by Gasteiger charge is 2.95. The van der Waals surface area contributed by atoms with E-state index in [9.17, 15) is 132 Å².